The van der Waals surface area contributed by atoms with Gasteiger partial charge in [0.25, 0.3) is 0 Å². The van der Waals surface area contributed by atoms with E-state index in [1.165, 1.54) is 12.2 Å². The Hall–Kier alpha value is -1.20. The van der Waals surface area contributed by atoms with Crippen molar-refractivity contribution >= 4 is 17.7 Å². The molecule has 0 aliphatic carbocycles. The van der Waals surface area contributed by atoms with Gasteiger partial charge in [-0.1, -0.05) is 30.3 Å². The van der Waals surface area contributed by atoms with Crippen molar-refractivity contribution in [3.8, 4) is 0 Å². The van der Waals surface area contributed by atoms with Crippen LogP contribution in [0, 0.1) is 0 Å². The third kappa shape index (κ3) is 7.18. The molecule has 1 aromatic rings. The summed E-state index contributed by atoms with van der Waals surface area (Å²) in [6.07, 6.45) is 4.46. The molecule has 0 heterocycles. The lowest BCUT2D eigenvalue weighted by molar-refractivity contribution is 0.0672. The first-order valence-corrected chi connectivity index (χ1v) is 9.28. The van der Waals surface area contributed by atoms with Crippen molar-refractivity contribution in [1.82, 2.24) is 10.6 Å². The second-order valence-electron chi connectivity index (χ2n) is 5.46. The van der Waals surface area contributed by atoms with E-state index < -0.39 is 5.60 Å². The lowest BCUT2D eigenvalue weighted by atomic mass is 9.96. The SMILES string of the molecule is CCNC(=NCC(C)(O)c1ccccc1)NCCCCSC. The fourth-order valence-corrected chi connectivity index (χ4v) is 2.53. The number of hydrogen-bond donors (Lipinski definition) is 3. The number of unbranched alkanes of at least 4 members (excludes halogenated alkanes) is 1. The van der Waals surface area contributed by atoms with E-state index >= 15 is 0 Å². The maximum Gasteiger partial charge on any atom is 0.191 e. The summed E-state index contributed by atoms with van der Waals surface area (Å²) in [6, 6.07) is 9.67. The highest BCUT2D eigenvalue weighted by atomic mass is 32.2. The summed E-state index contributed by atoms with van der Waals surface area (Å²) in [5, 5.41) is 17.1. The average molecular weight is 324 g/mol. The highest BCUT2D eigenvalue weighted by molar-refractivity contribution is 7.98. The average Bonchev–Trinajstić information content (AvgIpc) is 2.53. The maximum absolute atomic E-state index is 10.6. The number of benzene rings is 1. The molecule has 0 spiro atoms. The minimum Gasteiger partial charge on any atom is -0.384 e. The molecule has 1 atom stereocenters. The molecule has 0 saturated heterocycles. The first-order valence-electron chi connectivity index (χ1n) is 7.89. The molecule has 0 radical (unpaired) electrons. The van der Waals surface area contributed by atoms with E-state index in [9.17, 15) is 5.11 Å². The molecule has 1 rings (SSSR count). The molecular weight excluding hydrogens is 294 g/mol. The van der Waals surface area contributed by atoms with Crippen LogP contribution in [0.1, 0.15) is 32.3 Å². The minimum absolute atomic E-state index is 0.331. The van der Waals surface area contributed by atoms with Crippen molar-refractivity contribution in [3.05, 3.63) is 35.9 Å². The zero-order valence-corrected chi connectivity index (χ0v) is 14.7. The minimum atomic E-state index is -0.956. The molecule has 4 nitrogen and oxygen atoms in total. The van der Waals surface area contributed by atoms with E-state index in [-0.39, 0.29) is 0 Å². The number of hydrogen-bond acceptors (Lipinski definition) is 3. The Kier molecular flexibility index (Phi) is 9.01. The van der Waals surface area contributed by atoms with Gasteiger partial charge >= 0.3 is 0 Å². The number of aliphatic hydroxyl groups is 1. The Morgan fingerprint density at radius 2 is 1.95 bits per heavy atom. The molecule has 1 unspecified atom stereocenters. The highest BCUT2D eigenvalue weighted by Gasteiger charge is 2.22. The first kappa shape index (κ1) is 18.8. The van der Waals surface area contributed by atoms with Gasteiger partial charge in [-0.25, -0.2) is 4.99 Å². The topological polar surface area (TPSA) is 56.7 Å². The Bertz CT molecular complexity index is 435. The van der Waals surface area contributed by atoms with E-state index in [0.717, 1.165) is 31.0 Å². The monoisotopic (exact) mass is 323 g/mol. The Balaban J connectivity index is 2.53. The third-order valence-corrected chi connectivity index (χ3v) is 4.05. The smallest absolute Gasteiger partial charge is 0.191 e. The van der Waals surface area contributed by atoms with Crippen LogP contribution in [0.3, 0.4) is 0 Å². The number of nitrogens with zero attached hydrogens (tertiary/aromatic N) is 1. The van der Waals surface area contributed by atoms with Gasteiger partial charge in [-0.15, -0.1) is 0 Å². The molecule has 0 bridgehead atoms. The van der Waals surface area contributed by atoms with Crippen LogP contribution in [-0.2, 0) is 5.60 Å². The number of thioether (sulfide) groups is 1. The summed E-state index contributed by atoms with van der Waals surface area (Å²) in [7, 11) is 0. The Morgan fingerprint density at radius 3 is 2.59 bits per heavy atom. The number of nitrogens with one attached hydrogen (secondary N) is 2. The highest BCUT2D eigenvalue weighted by Crippen LogP contribution is 2.20. The molecule has 22 heavy (non-hydrogen) atoms. The molecule has 124 valence electrons. The molecule has 0 amide bonds. The molecule has 0 aliphatic heterocycles. The van der Waals surface area contributed by atoms with Crippen LogP contribution in [-0.4, -0.2) is 42.7 Å². The quantitative estimate of drug-likeness (QED) is 0.371. The lowest BCUT2D eigenvalue weighted by Crippen LogP contribution is -2.39. The predicted octanol–water partition coefficient (Wildman–Crippen LogP) is 2.59. The van der Waals surface area contributed by atoms with Gasteiger partial charge in [0, 0.05) is 13.1 Å². The predicted molar refractivity (Wildman–Crippen MR) is 97.6 cm³/mol. The van der Waals surface area contributed by atoms with E-state index in [4.69, 9.17) is 0 Å². The van der Waals surface area contributed by atoms with Crippen molar-refractivity contribution < 1.29 is 5.11 Å². The van der Waals surface area contributed by atoms with Crippen LogP contribution in [0.2, 0.25) is 0 Å². The zero-order chi connectivity index (χ0) is 16.3. The van der Waals surface area contributed by atoms with Gasteiger partial charge in [-0.05, 0) is 44.3 Å². The van der Waals surface area contributed by atoms with Crippen molar-refractivity contribution in [2.45, 2.75) is 32.3 Å². The molecule has 3 N–H and O–H groups in total. The molecule has 0 fully saturated rings. The van der Waals surface area contributed by atoms with E-state index in [1.807, 2.05) is 49.0 Å². The van der Waals surface area contributed by atoms with Crippen LogP contribution in [0.5, 0.6) is 0 Å². The summed E-state index contributed by atoms with van der Waals surface area (Å²) in [6.45, 7) is 5.88. The van der Waals surface area contributed by atoms with Gasteiger partial charge in [0.1, 0.15) is 5.60 Å². The summed E-state index contributed by atoms with van der Waals surface area (Å²) in [5.74, 6) is 1.96. The second kappa shape index (κ2) is 10.5. The summed E-state index contributed by atoms with van der Waals surface area (Å²) < 4.78 is 0. The molecule has 0 aliphatic rings. The Morgan fingerprint density at radius 1 is 1.23 bits per heavy atom. The van der Waals surface area contributed by atoms with E-state index in [2.05, 4.69) is 21.9 Å². The van der Waals surface area contributed by atoms with Crippen molar-refractivity contribution in [1.29, 1.82) is 0 Å². The fraction of sp³-hybridized carbons (Fsp3) is 0.588. The number of guanidine groups is 1. The summed E-state index contributed by atoms with van der Waals surface area (Å²) >= 11 is 1.88. The normalized spacial score (nSPS) is 14.5. The van der Waals surface area contributed by atoms with Crippen molar-refractivity contribution in [2.24, 2.45) is 4.99 Å². The van der Waals surface area contributed by atoms with Crippen molar-refractivity contribution in [2.75, 3.05) is 31.6 Å². The van der Waals surface area contributed by atoms with Gasteiger partial charge in [0.2, 0.25) is 0 Å². The number of rotatable bonds is 9. The second-order valence-corrected chi connectivity index (χ2v) is 6.45. The van der Waals surface area contributed by atoms with Crippen molar-refractivity contribution in [3.63, 3.8) is 0 Å². The lowest BCUT2D eigenvalue weighted by Gasteiger charge is -2.22. The summed E-state index contributed by atoms with van der Waals surface area (Å²) in [5.41, 5.74) is -0.0720. The van der Waals surface area contributed by atoms with Crippen LogP contribution >= 0.6 is 11.8 Å². The maximum atomic E-state index is 10.6. The van der Waals surface area contributed by atoms with Crippen LogP contribution < -0.4 is 10.6 Å². The van der Waals surface area contributed by atoms with E-state index in [0.29, 0.717) is 6.54 Å². The van der Waals surface area contributed by atoms with Gasteiger partial charge < -0.3 is 15.7 Å². The van der Waals surface area contributed by atoms with E-state index in [1.54, 1.807) is 6.92 Å². The fourth-order valence-electron chi connectivity index (χ4n) is 2.04. The standard InChI is InChI=1S/C17H29N3OS/c1-4-18-16(19-12-8-9-13-22-3)20-14-17(2,21)15-10-6-5-7-11-15/h5-7,10-11,21H,4,8-9,12-14H2,1-3H3,(H2,18,19,20). The van der Waals surface area contributed by atoms with Gasteiger partial charge in [-0.2, -0.15) is 11.8 Å². The molecule has 5 heteroatoms. The van der Waals surface area contributed by atoms with Gasteiger partial charge in [0.05, 0.1) is 6.54 Å². The van der Waals surface area contributed by atoms with Crippen LogP contribution in [0.15, 0.2) is 35.3 Å². The largest absolute Gasteiger partial charge is 0.384 e. The first-order chi connectivity index (χ1) is 10.6. The van der Waals surface area contributed by atoms with Gasteiger partial charge in [-0.3, -0.25) is 0 Å². The summed E-state index contributed by atoms with van der Waals surface area (Å²) in [4.78, 5) is 4.52. The molecule has 1 aromatic carbocycles. The molecule has 0 saturated carbocycles. The zero-order valence-electron chi connectivity index (χ0n) is 13.9. The van der Waals surface area contributed by atoms with Crippen LogP contribution in [0.25, 0.3) is 0 Å². The van der Waals surface area contributed by atoms with Crippen LogP contribution in [0.4, 0.5) is 0 Å². The third-order valence-electron chi connectivity index (χ3n) is 3.35. The Labute approximate surface area is 138 Å². The number of aliphatic imine (C=N–C) groups is 1. The molecule has 0 aromatic heterocycles. The van der Waals surface area contributed by atoms with Gasteiger partial charge in [0.15, 0.2) is 5.96 Å². The molecular formula is C17H29N3OS.